The Kier molecular flexibility index (Phi) is 4.30. The molecule has 20 heavy (non-hydrogen) atoms. The Bertz CT molecular complexity index is 612. The van der Waals surface area contributed by atoms with Crippen molar-refractivity contribution in [2.45, 2.75) is 6.92 Å². The minimum atomic E-state index is -0.681. The zero-order valence-electron chi connectivity index (χ0n) is 10.8. The van der Waals surface area contributed by atoms with Gasteiger partial charge in [0.2, 0.25) is 0 Å². The molecule has 0 radical (unpaired) electrons. The minimum absolute atomic E-state index is 0.162. The van der Waals surface area contributed by atoms with Crippen LogP contribution in [0, 0.1) is 11.6 Å². The van der Waals surface area contributed by atoms with Crippen LogP contribution in [0.4, 0.5) is 20.2 Å². The number of benzene rings is 2. The van der Waals surface area contributed by atoms with E-state index in [0.29, 0.717) is 17.9 Å². The molecule has 0 saturated carbocycles. The van der Waals surface area contributed by atoms with E-state index in [0.717, 1.165) is 6.07 Å². The highest BCUT2D eigenvalue weighted by molar-refractivity contribution is 5.89. The number of halogens is 2. The first-order valence-electron chi connectivity index (χ1n) is 6.09. The summed E-state index contributed by atoms with van der Waals surface area (Å²) in [7, 11) is 0. The topological polar surface area (TPSA) is 38.3 Å². The quantitative estimate of drug-likeness (QED) is 0.862. The number of hydrogen-bond acceptors (Lipinski definition) is 3. The highest BCUT2D eigenvalue weighted by Crippen LogP contribution is 2.21. The third-order valence-electron chi connectivity index (χ3n) is 2.61. The van der Waals surface area contributed by atoms with Crippen molar-refractivity contribution < 1.29 is 18.3 Å². The third kappa shape index (κ3) is 3.32. The smallest absolute Gasteiger partial charge is 0.338 e. The molecule has 0 aliphatic rings. The van der Waals surface area contributed by atoms with Gasteiger partial charge < -0.3 is 10.1 Å². The summed E-state index contributed by atoms with van der Waals surface area (Å²) < 4.78 is 31.1. The lowest BCUT2D eigenvalue weighted by molar-refractivity contribution is 0.0526. The predicted molar refractivity (Wildman–Crippen MR) is 72.0 cm³/mol. The number of rotatable bonds is 4. The molecule has 0 amide bonds. The Morgan fingerprint density at radius 1 is 1.15 bits per heavy atom. The van der Waals surface area contributed by atoms with Crippen molar-refractivity contribution in [2.75, 3.05) is 11.9 Å². The lowest BCUT2D eigenvalue weighted by Gasteiger charge is -2.08. The molecule has 2 rings (SSSR count). The normalized spacial score (nSPS) is 10.2. The maximum atomic E-state index is 13.5. The van der Waals surface area contributed by atoms with Gasteiger partial charge in [-0.3, -0.25) is 0 Å². The number of carbonyl (C=O) groups excluding carboxylic acids is 1. The van der Waals surface area contributed by atoms with E-state index in [1.54, 1.807) is 31.2 Å². The van der Waals surface area contributed by atoms with Crippen LogP contribution in [-0.4, -0.2) is 12.6 Å². The van der Waals surface area contributed by atoms with Crippen molar-refractivity contribution in [1.29, 1.82) is 0 Å². The van der Waals surface area contributed by atoms with Crippen LogP contribution in [0.2, 0.25) is 0 Å². The fourth-order valence-corrected chi connectivity index (χ4v) is 1.65. The number of anilines is 2. The molecule has 1 N–H and O–H groups in total. The lowest BCUT2D eigenvalue weighted by Crippen LogP contribution is -2.04. The monoisotopic (exact) mass is 277 g/mol. The zero-order chi connectivity index (χ0) is 14.5. The van der Waals surface area contributed by atoms with Crippen LogP contribution in [0.15, 0.2) is 42.5 Å². The highest BCUT2D eigenvalue weighted by Gasteiger charge is 2.07. The van der Waals surface area contributed by atoms with E-state index >= 15 is 0 Å². The SMILES string of the molecule is CCOC(=O)c1ccc(Nc2ccc(F)cc2F)cc1. The summed E-state index contributed by atoms with van der Waals surface area (Å²) in [5.74, 6) is -1.72. The summed E-state index contributed by atoms with van der Waals surface area (Å²) in [6.07, 6.45) is 0. The van der Waals surface area contributed by atoms with E-state index in [1.165, 1.54) is 12.1 Å². The van der Waals surface area contributed by atoms with Gasteiger partial charge in [0.25, 0.3) is 0 Å². The Balaban J connectivity index is 2.12. The summed E-state index contributed by atoms with van der Waals surface area (Å²) in [5, 5.41) is 2.80. The standard InChI is InChI=1S/C15H13F2NO2/c1-2-20-15(19)10-3-6-12(7-4-10)18-14-8-5-11(16)9-13(14)17/h3-9,18H,2H2,1H3. The largest absolute Gasteiger partial charge is 0.462 e. The molecular formula is C15H13F2NO2. The molecule has 0 bridgehead atoms. The Labute approximate surface area is 115 Å². The van der Waals surface area contributed by atoms with Crippen LogP contribution < -0.4 is 5.32 Å². The molecule has 0 aromatic heterocycles. The molecule has 104 valence electrons. The van der Waals surface area contributed by atoms with Crippen LogP contribution in [-0.2, 0) is 4.74 Å². The minimum Gasteiger partial charge on any atom is -0.462 e. The van der Waals surface area contributed by atoms with E-state index in [-0.39, 0.29) is 5.69 Å². The molecular weight excluding hydrogens is 264 g/mol. The van der Waals surface area contributed by atoms with Gasteiger partial charge in [-0.15, -0.1) is 0 Å². The van der Waals surface area contributed by atoms with Gasteiger partial charge >= 0.3 is 5.97 Å². The van der Waals surface area contributed by atoms with Gasteiger partial charge in [-0.05, 0) is 43.3 Å². The van der Waals surface area contributed by atoms with Crippen molar-refractivity contribution in [3.05, 3.63) is 59.7 Å². The fraction of sp³-hybridized carbons (Fsp3) is 0.133. The third-order valence-corrected chi connectivity index (χ3v) is 2.61. The van der Waals surface area contributed by atoms with Crippen molar-refractivity contribution in [3.8, 4) is 0 Å². The van der Waals surface area contributed by atoms with Gasteiger partial charge in [0.15, 0.2) is 0 Å². The Morgan fingerprint density at radius 2 is 1.85 bits per heavy atom. The van der Waals surface area contributed by atoms with Crippen LogP contribution in [0.25, 0.3) is 0 Å². The van der Waals surface area contributed by atoms with E-state index in [9.17, 15) is 13.6 Å². The number of ether oxygens (including phenoxy) is 1. The molecule has 0 unspecified atom stereocenters. The molecule has 0 atom stereocenters. The molecule has 0 fully saturated rings. The molecule has 0 aliphatic carbocycles. The maximum Gasteiger partial charge on any atom is 0.338 e. The van der Waals surface area contributed by atoms with E-state index in [1.807, 2.05) is 0 Å². The highest BCUT2D eigenvalue weighted by atomic mass is 19.1. The van der Waals surface area contributed by atoms with E-state index in [4.69, 9.17) is 4.74 Å². The van der Waals surface area contributed by atoms with Gasteiger partial charge in [0.05, 0.1) is 17.9 Å². The number of hydrogen-bond donors (Lipinski definition) is 1. The molecule has 5 heteroatoms. The Morgan fingerprint density at radius 3 is 2.45 bits per heavy atom. The van der Waals surface area contributed by atoms with Crippen molar-refractivity contribution >= 4 is 17.3 Å². The molecule has 2 aromatic rings. The zero-order valence-corrected chi connectivity index (χ0v) is 10.8. The van der Waals surface area contributed by atoms with Gasteiger partial charge in [-0.2, -0.15) is 0 Å². The van der Waals surface area contributed by atoms with Crippen LogP contribution in [0.1, 0.15) is 17.3 Å². The van der Waals surface area contributed by atoms with Crippen LogP contribution in [0.3, 0.4) is 0 Å². The summed E-state index contributed by atoms with van der Waals surface area (Å²) in [6, 6.07) is 9.66. The van der Waals surface area contributed by atoms with Gasteiger partial charge in [-0.1, -0.05) is 0 Å². The summed E-state index contributed by atoms with van der Waals surface area (Å²) >= 11 is 0. The first kappa shape index (κ1) is 14.0. The summed E-state index contributed by atoms with van der Waals surface area (Å²) in [4.78, 5) is 11.5. The van der Waals surface area contributed by atoms with Crippen LogP contribution >= 0.6 is 0 Å². The van der Waals surface area contributed by atoms with Crippen molar-refractivity contribution in [3.63, 3.8) is 0 Å². The molecule has 3 nitrogen and oxygen atoms in total. The summed E-state index contributed by atoms with van der Waals surface area (Å²) in [6.45, 7) is 2.03. The average molecular weight is 277 g/mol. The second kappa shape index (κ2) is 6.14. The van der Waals surface area contributed by atoms with Gasteiger partial charge in [0, 0.05) is 11.8 Å². The van der Waals surface area contributed by atoms with E-state index < -0.39 is 17.6 Å². The fourth-order valence-electron chi connectivity index (χ4n) is 1.65. The molecule has 0 saturated heterocycles. The maximum absolute atomic E-state index is 13.5. The number of nitrogens with one attached hydrogen (secondary N) is 1. The second-order valence-corrected chi connectivity index (χ2v) is 4.05. The van der Waals surface area contributed by atoms with Crippen LogP contribution in [0.5, 0.6) is 0 Å². The number of esters is 1. The van der Waals surface area contributed by atoms with E-state index in [2.05, 4.69) is 5.32 Å². The first-order valence-corrected chi connectivity index (χ1v) is 6.09. The van der Waals surface area contributed by atoms with Crippen molar-refractivity contribution in [2.24, 2.45) is 0 Å². The molecule has 0 aliphatic heterocycles. The van der Waals surface area contributed by atoms with Gasteiger partial charge in [-0.25, -0.2) is 13.6 Å². The predicted octanol–water partition coefficient (Wildman–Crippen LogP) is 3.89. The number of carbonyl (C=O) groups is 1. The first-order chi connectivity index (χ1) is 9.60. The second-order valence-electron chi connectivity index (χ2n) is 4.05. The molecule has 0 spiro atoms. The molecule has 0 heterocycles. The molecule has 2 aromatic carbocycles. The average Bonchev–Trinajstić information content (AvgIpc) is 2.43. The Hall–Kier alpha value is -2.43. The van der Waals surface area contributed by atoms with Crippen molar-refractivity contribution in [1.82, 2.24) is 0 Å². The lowest BCUT2D eigenvalue weighted by atomic mass is 10.2. The van der Waals surface area contributed by atoms with Gasteiger partial charge in [0.1, 0.15) is 11.6 Å². The summed E-state index contributed by atoms with van der Waals surface area (Å²) in [5.41, 5.74) is 1.16.